The molecule has 0 saturated carbocycles. The van der Waals surface area contributed by atoms with Gasteiger partial charge in [-0.15, -0.1) is 0 Å². The molecule has 2 N–H and O–H groups in total. The van der Waals surface area contributed by atoms with Gasteiger partial charge in [0.25, 0.3) is 0 Å². The van der Waals surface area contributed by atoms with Crippen LogP contribution in [0.2, 0.25) is 5.02 Å². The molecular formula is C22H29ClN2S. The van der Waals surface area contributed by atoms with Crippen molar-refractivity contribution in [2.24, 2.45) is 16.6 Å². The van der Waals surface area contributed by atoms with E-state index in [1.54, 1.807) is 11.8 Å². The number of hydrogen-bond acceptors (Lipinski definition) is 2. The third-order valence-corrected chi connectivity index (χ3v) is 5.64. The summed E-state index contributed by atoms with van der Waals surface area (Å²) in [6.07, 6.45) is 3.51. The maximum Gasteiger partial charge on any atom is 0.155 e. The van der Waals surface area contributed by atoms with Crippen LogP contribution in [-0.4, -0.2) is 11.2 Å². The molecule has 0 unspecified atom stereocenters. The summed E-state index contributed by atoms with van der Waals surface area (Å²) in [5.74, 6) is 0.741. The van der Waals surface area contributed by atoms with Crippen molar-refractivity contribution in [3.63, 3.8) is 0 Å². The van der Waals surface area contributed by atoms with E-state index in [9.17, 15) is 0 Å². The van der Waals surface area contributed by atoms with Gasteiger partial charge in [-0.25, -0.2) is 0 Å². The van der Waals surface area contributed by atoms with E-state index in [2.05, 4.69) is 57.2 Å². The number of thioether (sulfide) groups is 1. The van der Waals surface area contributed by atoms with Gasteiger partial charge in [-0.2, -0.15) is 0 Å². The Bertz CT molecular complexity index is 683. The Morgan fingerprint density at radius 3 is 2.19 bits per heavy atom. The number of halogens is 1. The van der Waals surface area contributed by atoms with E-state index in [1.165, 1.54) is 24.0 Å². The van der Waals surface area contributed by atoms with E-state index in [0.717, 1.165) is 17.4 Å². The summed E-state index contributed by atoms with van der Waals surface area (Å²) in [5.41, 5.74) is 8.69. The van der Waals surface area contributed by atoms with E-state index >= 15 is 0 Å². The molecule has 0 aromatic heterocycles. The zero-order valence-corrected chi connectivity index (χ0v) is 17.4. The summed E-state index contributed by atoms with van der Waals surface area (Å²) in [7, 11) is 0. The predicted octanol–water partition coefficient (Wildman–Crippen LogP) is 6.69. The molecule has 0 heterocycles. The van der Waals surface area contributed by atoms with E-state index in [1.807, 2.05) is 18.2 Å². The first-order valence-corrected chi connectivity index (χ1v) is 10.5. The molecule has 0 saturated heterocycles. The number of aliphatic imine (C=N–C) groups is 1. The van der Waals surface area contributed by atoms with E-state index in [-0.39, 0.29) is 11.3 Å². The number of amidine groups is 1. The molecule has 140 valence electrons. The fraction of sp³-hybridized carbons (Fsp3) is 0.409. The Hall–Kier alpha value is -1.45. The molecule has 4 heteroatoms. The number of hydrogen-bond donors (Lipinski definition) is 1. The lowest BCUT2D eigenvalue weighted by atomic mass is 10.0. The second-order valence-electron chi connectivity index (χ2n) is 7.10. The summed E-state index contributed by atoms with van der Waals surface area (Å²) < 4.78 is 0. The minimum Gasteiger partial charge on any atom is -0.379 e. The van der Waals surface area contributed by atoms with Gasteiger partial charge in [-0.1, -0.05) is 92.5 Å². The SMILES string of the molecule is CC(C)CCC[C@H](C)N=C(N)S[C@@H](c1ccccc1)c1ccc(Cl)cc1. The van der Waals surface area contributed by atoms with Crippen molar-refractivity contribution in [3.8, 4) is 0 Å². The minimum absolute atomic E-state index is 0.111. The van der Waals surface area contributed by atoms with Crippen LogP contribution in [0.5, 0.6) is 0 Å². The zero-order valence-electron chi connectivity index (χ0n) is 15.9. The molecular weight excluding hydrogens is 360 g/mol. The van der Waals surface area contributed by atoms with Crippen molar-refractivity contribution in [1.29, 1.82) is 0 Å². The topological polar surface area (TPSA) is 38.4 Å². The second-order valence-corrected chi connectivity index (χ2v) is 8.66. The Morgan fingerprint density at radius 2 is 1.58 bits per heavy atom. The molecule has 26 heavy (non-hydrogen) atoms. The Balaban J connectivity index is 2.11. The highest BCUT2D eigenvalue weighted by Crippen LogP contribution is 2.36. The molecule has 0 radical (unpaired) electrons. The molecule has 0 aliphatic heterocycles. The van der Waals surface area contributed by atoms with Crippen molar-refractivity contribution < 1.29 is 0 Å². The van der Waals surface area contributed by atoms with Gasteiger partial charge in [0.15, 0.2) is 5.17 Å². The van der Waals surface area contributed by atoms with Crippen LogP contribution in [0, 0.1) is 5.92 Å². The molecule has 0 aliphatic rings. The summed E-state index contributed by atoms with van der Waals surface area (Å²) in [6, 6.07) is 18.6. The molecule has 2 aromatic rings. The van der Waals surface area contributed by atoms with Gasteiger partial charge in [-0.05, 0) is 42.5 Å². The molecule has 2 nitrogen and oxygen atoms in total. The maximum atomic E-state index is 6.30. The highest BCUT2D eigenvalue weighted by molar-refractivity contribution is 8.14. The Morgan fingerprint density at radius 1 is 0.962 bits per heavy atom. The van der Waals surface area contributed by atoms with Crippen LogP contribution in [0.3, 0.4) is 0 Å². The highest BCUT2D eigenvalue weighted by atomic mass is 35.5. The fourth-order valence-electron chi connectivity index (χ4n) is 2.85. The van der Waals surface area contributed by atoms with Crippen molar-refractivity contribution >= 4 is 28.5 Å². The number of benzene rings is 2. The zero-order chi connectivity index (χ0) is 18.9. The van der Waals surface area contributed by atoms with Crippen LogP contribution in [-0.2, 0) is 0 Å². The van der Waals surface area contributed by atoms with E-state index in [0.29, 0.717) is 5.17 Å². The average Bonchev–Trinajstić information content (AvgIpc) is 2.61. The second kappa shape index (κ2) is 10.6. The molecule has 2 rings (SSSR count). The van der Waals surface area contributed by atoms with Gasteiger partial charge in [0.1, 0.15) is 0 Å². The van der Waals surface area contributed by atoms with Gasteiger partial charge in [0.2, 0.25) is 0 Å². The summed E-state index contributed by atoms with van der Waals surface area (Å²) in [4.78, 5) is 4.71. The first kappa shape index (κ1) is 20.9. The fourth-order valence-corrected chi connectivity index (χ4v) is 4.04. The van der Waals surface area contributed by atoms with Gasteiger partial charge in [0.05, 0.1) is 5.25 Å². The smallest absolute Gasteiger partial charge is 0.155 e. The monoisotopic (exact) mass is 388 g/mol. The van der Waals surface area contributed by atoms with Crippen molar-refractivity contribution in [3.05, 3.63) is 70.7 Å². The van der Waals surface area contributed by atoms with Crippen molar-refractivity contribution in [2.45, 2.75) is 51.3 Å². The highest BCUT2D eigenvalue weighted by Gasteiger charge is 2.17. The largest absolute Gasteiger partial charge is 0.379 e. The molecule has 0 spiro atoms. The molecule has 0 fully saturated rings. The molecule has 2 atom stereocenters. The lowest BCUT2D eigenvalue weighted by molar-refractivity contribution is 0.512. The summed E-state index contributed by atoms with van der Waals surface area (Å²) in [6.45, 7) is 6.66. The van der Waals surface area contributed by atoms with Crippen LogP contribution in [0.1, 0.15) is 56.4 Å². The van der Waals surface area contributed by atoms with Gasteiger partial charge in [-0.3, -0.25) is 4.99 Å². The van der Waals surface area contributed by atoms with Crippen molar-refractivity contribution in [1.82, 2.24) is 0 Å². The van der Waals surface area contributed by atoms with Crippen LogP contribution < -0.4 is 5.73 Å². The molecule has 0 amide bonds. The lowest BCUT2D eigenvalue weighted by Crippen LogP contribution is -2.14. The third kappa shape index (κ3) is 7.05. The molecule has 2 aromatic carbocycles. The van der Waals surface area contributed by atoms with Gasteiger partial charge in [0, 0.05) is 11.1 Å². The number of rotatable bonds is 8. The number of nitrogens with zero attached hydrogens (tertiary/aromatic N) is 1. The lowest BCUT2D eigenvalue weighted by Gasteiger charge is -2.18. The molecule has 0 aliphatic carbocycles. The van der Waals surface area contributed by atoms with Gasteiger partial charge >= 0.3 is 0 Å². The van der Waals surface area contributed by atoms with Gasteiger partial charge < -0.3 is 5.73 Å². The van der Waals surface area contributed by atoms with Crippen LogP contribution in [0.15, 0.2) is 59.6 Å². The third-order valence-electron chi connectivity index (χ3n) is 4.26. The normalized spacial score (nSPS) is 14.4. The first-order valence-electron chi connectivity index (χ1n) is 9.26. The van der Waals surface area contributed by atoms with Crippen LogP contribution in [0.4, 0.5) is 0 Å². The van der Waals surface area contributed by atoms with Crippen LogP contribution >= 0.6 is 23.4 Å². The molecule has 0 bridgehead atoms. The first-order chi connectivity index (χ1) is 12.5. The van der Waals surface area contributed by atoms with E-state index in [4.69, 9.17) is 22.3 Å². The van der Waals surface area contributed by atoms with Crippen LogP contribution in [0.25, 0.3) is 0 Å². The standard InChI is InChI=1S/C22H29ClN2S/c1-16(2)8-7-9-17(3)25-22(24)26-21(18-10-5-4-6-11-18)19-12-14-20(23)15-13-19/h4-6,10-17,21H,7-9H2,1-3H3,(H2,24,25)/t17-,21-/m0/s1. The summed E-state index contributed by atoms with van der Waals surface area (Å²) in [5, 5.41) is 1.50. The summed E-state index contributed by atoms with van der Waals surface area (Å²) >= 11 is 7.66. The minimum atomic E-state index is 0.111. The van der Waals surface area contributed by atoms with Crippen molar-refractivity contribution in [2.75, 3.05) is 0 Å². The Kier molecular flexibility index (Phi) is 8.53. The quantitative estimate of drug-likeness (QED) is 0.404. The van der Waals surface area contributed by atoms with E-state index < -0.39 is 0 Å². The average molecular weight is 389 g/mol. The number of nitrogens with two attached hydrogens (primary N) is 1. The Labute approximate surface area is 167 Å². The predicted molar refractivity (Wildman–Crippen MR) is 117 cm³/mol. The maximum absolute atomic E-state index is 6.30.